The van der Waals surface area contributed by atoms with E-state index in [0.29, 0.717) is 6.42 Å². The fourth-order valence-electron chi connectivity index (χ4n) is 1.51. The Morgan fingerprint density at radius 2 is 1.90 bits per heavy atom. The number of carbonyl (C=O) groups is 1. The van der Waals surface area contributed by atoms with Gasteiger partial charge in [-0.3, -0.25) is 4.18 Å². The van der Waals surface area contributed by atoms with Gasteiger partial charge in [0.15, 0.2) is 6.10 Å². The Kier molecular flexibility index (Phi) is 9.45. The van der Waals surface area contributed by atoms with Crippen LogP contribution >= 0.6 is 0 Å². The minimum absolute atomic E-state index is 0.198. The molecule has 0 heterocycles. The third-order valence-electron chi connectivity index (χ3n) is 2.47. The largest absolute Gasteiger partial charge is 0.467 e. The van der Waals surface area contributed by atoms with Crippen molar-refractivity contribution in [2.75, 3.05) is 20.0 Å². The molecule has 7 heteroatoms. The summed E-state index contributed by atoms with van der Waals surface area (Å²) in [5, 5.41) is 0. The van der Waals surface area contributed by atoms with Crippen LogP contribution in [-0.4, -0.2) is 46.6 Å². The minimum Gasteiger partial charge on any atom is -0.467 e. The van der Waals surface area contributed by atoms with E-state index in [9.17, 15) is 13.2 Å². The Bertz CT molecular complexity index is 401. The van der Waals surface area contributed by atoms with Gasteiger partial charge in [0.05, 0.1) is 20.0 Å². The Hall–Kier alpha value is -0.920. The number of allylic oxidation sites excluding steroid dienone is 1. The summed E-state index contributed by atoms with van der Waals surface area (Å²) in [6, 6.07) is 0. The van der Waals surface area contributed by atoms with E-state index < -0.39 is 28.3 Å². The third-order valence-corrected chi connectivity index (χ3v) is 3.06. The van der Waals surface area contributed by atoms with E-state index in [1.54, 1.807) is 13.0 Å². The average molecular weight is 308 g/mol. The number of unbranched alkanes of at least 4 members (excludes halogenated alkanes) is 1. The van der Waals surface area contributed by atoms with Crippen LogP contribution in [0.5, 0.6) is 0 Å². The quantitative estimate of drug-likeness (QED) is 0.347. The fraction of sp³-hybridized carbons (Fsp3) is 0.769. The molecule has 6 nitrogen and oxygen atoms in total. The highest BCUT2D eigenvalue weighted by Gasteiger charge is 2.32. The smallest absolute Gasteiger partial charge is 0.337 e. The zero-order valence-corrected chi connectivity index (χ0v) is 13.3. The molecule has 0 saturated carbocycles. The fourth-order valence-corrected chi connectivity index (χ4v) is 2.20. The first-order valence-corrected chi connectivity index (χ1v) is 8.40. The second kappa shape index (κ2) is 9.90. The summed E-state index contributed by atoms with van der Waals surface area (Å²) in [5.74, 6) is -0.649. The highest BCUT2D eigenvalue weighted by Crippen LogP contribution is 2.13. The molecule has 118 valence electrons. The van der Waals surface area contributed by atoms with Crippen LogP contribution in [0.4, 0.5) is 0 Å². The Morgan fingerprint density at radius 1 is 1.25 bits per heavy atom. The van der Waals surface area contributed by atoms with Gasteiger partial charge in [-0.1, -0.05) is 32.4 Å². The molecule has 0 aromatic rings. The van der Waals surface area contributed by atoms with Gasteiger partial charge < -0.3 is 9.47 Å². The van der Waals surface area contributed by atoms with Crippen molar-refractivity contribution in [1.29, 1.82) is 0 Å². The number of hydrogen-bond donors (Lipinski definition) is 0. The molecular weight excluding hydrogens is 284 g/mol. The highest BCUT2D eigenvalue weighted by atomic mass is 32.2. The van der Waals surface area contributed by atoms with E-state index in [-0.39, 0.29) is 6.61 Å². The molecule has 2 unspecified atom stereocenters. The van der Waals surface area contributed by atoms with Gasteiger partial charge in [-0.05, 0) is 12.8 Å². The molecule has 0 spiro atoms. The van der Waals surface area contributed by atoms with E-state index in [0.717, 1.165) is 19.1 Å². The van der Waals surface area contributed by atoms with Crippen LogP contribution in [0.2, 0.25) is 0 Å². The molecule has 0 amide bonds. The average Bonchev–Trinajstić information content (AvgIpc) is 2.38. The second-order valence-electron chi connectivity index (χ2n) is 4.28. The maximum Gasteiger partial charge on any atom is 0.337 e. The normalized spacial score (nSPS) is 15.2. The summed E-state index contributed by atoms with van der Waals surface area (Å²) in [6.45, 7) is 3.96. The van der Waals surface area contributed by atoms with Gasteiger partial charge in [0.2, 0.25) is 0 Å². The van der Waals surface area contributed by atoms with Gasteiger partial charge in [0.1, 0.15) is 6.10 Å². The zero-order valence-electron chi connectivity index (χ0n) is 12.5. The van der Waals surface area contributed by atoms with E-state index in [1.165, 1.54) is 7.11 Å². The first-order chi connectivity index (χ1) is 9.35. The Morgan fingerprint density at radius 3 is 2.35 bits per heavy atom. The molecule has 0 fully saturated rings. The lowest BCUT2D eigenvalue weighted by atomic mass is 10.1. The van der Waals surface area contributed by atoms with E-state index in [2.05, 4.69) is 11.7 Å². The number of ether oxygens (including phenoxy) is 2. The summed E-state index contributed by atoms with van der Waals surface area (Å²) < 4.78 is 37.3. The van der Waals surface area contributed by atoms with Crippen LogP contribution in [0.3, 0.4) is 0 Å². The summed E-state index contributed by atoms with van der Waals surface area (Å²) in [4.78, 5) is 11.7. The first-order valence-electron chi connectivity index (χ1n) is 6.58. The van der Waals surface area contributed by atoms with Crippen molar-refractivity contribution in [2.45, 2.75) is 45.3 Å². The molecule has 0 N–H and O–H groups in total. The zero-order chi connectivity index (χ0) is 15.6. The van der Waals surface area contributed by atoms with Crippen molar-refractivity contribution >= 4 is 16.1 Å². The molecular formula is C13H24O6S. The predicted octanol–water partition coefficient (Wildman–Crippen LogP) is 1.66. The van der Waals surface area contributed by atoms with Crippen molar-refractivity contribution in [3.63, 3.8) is 0 Å². The minimum atomic E-state index is -3.67. The maximum atomic E-state index is 11.7. The summed E-state index contributed by atoms with van der Waals surface area (Å²) >= 11 is 0. The molecule has 0 radical (unpaired) electrons. The number of carbonyl (C=O) groups excluding carboxylic acids is 1. The predicted molar refractivity (Wildman–Crippen MR) is 75.8 cm³/mol. The lowest BCUT2D eigenvalue weighted by Gasteiger charge is -2.22. The molecule has 20 heavy (non-hydrogen) atoms. The first kappa shape index (κ1) is 19.1. The number of hydrogen-bond acceptors (Lipinski definition) is 6. The van der Waals surface area contributed by atoms with Crippen LogP contribution < -0.4 is 0 Å². The molecule has 0 saturated heterocycles. The highest BCUT2D eigenvalue weighted by molar-refractivity contribution is 7.86. The van der Waals surface area contributed by atoms with Crippen LogP contribution in [-0.2, 0) is 28.6 Å². The number of esters is 1. The lowest BCUT2D eigenvalue weighted by Crippen LogP contribution is -2.40. The van der Waals surface area contributed by atoms with Gasteiger partial charge in [0.25, 0.3) is 10.1 Å². The van der Waals surface area contributed by atoms with Gasteiger partial charge in [0, 0.05) is 0 Å². The Balaban J connectivity index is 4.71. The molecule has 0 aromatic heterocycles. The molecule has 0 aromatic carbocycles. The number of methoxy groups -OCH3 is 1. The third kappa shape index (κ3) is 8.29. The van der Waals surface area contributed by atoms with Crippen molar-refractivity contribution < 1.29 is 26.9 Å². The summed E-state index contributed by atoms with van der Waals surface area (Å²) in [5.41, 5.74) is 0. The SMILES string of the molecule is CCC/C=C/COC(C(=O)OC)C(CC)OS(C)(=O)=O. The topological polar surface area (TPSA) is 78.9 Å². The van der Waals surface area contributed by atoms with Crippen LogP contribution in [0.1, 0.15) is 33.1 Å². The lowest BCUT2D eigenvalue weighted by molar-refractivity contribution is -0.159. The van der Waals surface area contributed by atoms with Gasteiger partial charge in [-0.15, -0.1) is 0 Å². The maximum absolute atomic E-state index is 11.7. The van der Waals surface area contributed by atoms with E-state index >= 15 is 0 Å². The van der Waals surface area contributed by atoms with Gasteiger partial charge in [-0.25, -0.2) is 4.79 Å². The molecule has 2 atom stereocenters. The standard InChI is InChI=1S/C13H24O6S/c1-5-7-8-9-10-18-12(13(14)17-3)11(6-2)19-20(4,15)16/h8-9,11-12H,5-7,10H2,1-4H3/b9-8+. The van der Waals surface area contributed by atoms with Crippen molar-refractivity contribution in [2.24, 2.45) is 0 Å². The summed E-state index contributed by atoms with van der Waals surface area (Å²) in [6.07, 6.45) is 4.95. The molecule has 0 aliphatic heterocycles. The monoisotopic (exact) mass is 308 g/mol. The molecule has 0 rings (SSSR count). The van der Waals surface area contributed by atoms with Crippen LogP contribution in [0.25, 0.3) is 0 Å². The van der Waals surface area contributed by atoms with Gasteiger partial charge >= 0.3 is 5.97 Å². The molecule has 0 aliphatic carbocycles. The molecule has 0 bridgehead atoms. The van der Waals surface area contributed by atoms with E-state index in [1.807, 2.05) is 6.08 Å². The number of rotatable bonds is 10. The van der Waals surface area contributed by atoms with Crippen molar-refractivity contribution in [3.8, 4) is 0 Å². The van der Waals surface area contributed by atoms with E-state index in [4.69, 9.17) is 8.92 Å². The van der Waals surface area contributed by atoms with Gasteiger partial charge in [-0.2, -0.15) is 8.42 Å². The van der Waals surface area contributed by atoms with Crippen LogP contribution in [0.15, 0.2) is 12.2 Å². The Labute approximate surface area is 121 Å². The van der Waals surface area contributed by atoms with Crippen molar-refractivity contribution in [3.05, 3.63) is 12.2 Å². The molecule has 0 aliphatic rings. The summed E-state index contributed by atoms with van der Waals surface area (Å²) in [7, 11) is -2.45. The van der Waals surface area contributed by atoms with Crippen molar-refractivity contribution in [1.82, 2.24) is 0 Å². The second-order valence-corrected chi connectivity index (χ2v) is 5.88. The van der Waals surface area contributed by atoms with Crippen LogP contribution in [0, 0.1) is 0 Å².